The monoisotopic (exact) mass is 731 g/mol. The molecular formula is C54H37NS. The van der Waals surface area contributed by atoms with Crippen molar-refractivity contribution >= 4 is 48.6 Å². The normalized spacial score (nSPS) is 11.2. The molecule has 0 N–H and O–H groups in total. The highest BCUT2D eigenvalue weighted by Crippen LogP contribution is 2.40. The van der Waals surface area contributed by atoms with Crippen LogP contribution in [0.3, 0.4) is 0 Å². The largest absolute Gasteiger partial charge is 0.311 e. The fraction of sp³-hybridized carbons (Fsp3) is 0. The lowest BCUT2D eigenvalue weighted by Gasteiger charge is -2.26. The molecule has 1 aromatic heterocycles. The van der Waals surface area contributed by atoms with Crippen LogP contribution in [0.2, 0.25) is 0 Å². The highest BCUT2D eigenvalue weighted by atomic mass is 32.1. The van der Waals surface area contributed by atoms with Gasteiger partial charge >= 0.3 is 0 Å². The molecule has 56 heavy (non-hydrogen) atoms. The Balaban J connectivity index is 0.904. The Kier molecular flexibility index (Phi) is 8.79. The standard InChI is InChI=1S/C54H37NS/c1-4-10-38(11-5-1)40-16-18-41(19-17-40)43-24-30-49(31-25-43)55(48-14-8-3-9-15-48)50-32-26-44(27-33-50)42-20-22-45(23-21-42)47-29-35-54-52(37-47)51-36-46(28-34-53(51)56-54)39-12-6-2-7-13-39/h1-37H. The van der Waals surface area contributed by atoms with Gasteiger partial charge in [-0.2, -0.15) is 0 Å². The number of rotatable bonds is 8. The van der Waals surface area contributed by atoms with E-state index in [4.69, 9.17) is 0 Å². The van der Waals surface area contributed by atoms with E-state index in [0.717, 1.165) is 17.1 Å². The first-order chi connectivity index (χ1) is 27.7. The van der Waals surface area contributed by atoms with Gasteiger partial charge in [-0.15, -0.1) is 11.3 Å². The first-order valence-electron chi connectivity index (χ1n) is 19.1. The van der Waals surface area contributed by atoms with Crippen molar-refractivity contribution in [2.75, 3.05) is 4.90 Å². The smallest absolute Gasteiger partial charge is 0.0462 e. The second-order valence-electron chi connectivity index (χ2n) is 14.2. The number of fused-ring (bicyclic) bond motifs is 3. The summed E-state index contributed by atoms with van der Waals surface area (Å²) in [6, 6.07) is 81.2. The summed E-state index contributed by atoms with van der Waals surface area (Å²) in [6.07, 6.45) is 0. The van der Waals surface area contributed by atoms with E-state index in [1.807, 2.05) is 11.3 Å². The molecule has 0 bridgehead atoms. The van der Waals surface area contributed by atoms with Crippen molar-refractivity contribution in [1.82, 2.24) is 0 Å². The summed E-state index contributed by atoms with van der Waals surface area (Å²) in [5.74, 6) is 0. The summed E-state index contributed by atoms with van der Waals surface area (Å²) >= 11 is 1.87. The molecule has 0 saturated carbocycles. The van der Waals surface area contributed by atoms with Gasteiger partial charge in [0.2, 0.25) is 0 Å². The number of para-hydroxylation sites is 1. The van der Waals surface area contributed by atoms with Crippen LogP contribution in [0.25, 0.3) is 75.8 Å². The fourth-order valence-corrected chi connectivity index (χ4v) is 8.80. The lowest BCUT2D eigenvalue weighted by atomic mass is 9.98. The van der Waals surface area contributed by atoms with Gasteiger partial charge in [0.05, 0.1) is 0 Å². The Morgan fingerprint density at radius 2 is 0.500 bits per heavy atom. The van der Waals surface area contributed by atoms with Crippen LogP contribution in [0.1, 0.15) is 0 Å². The summed E-state index contributed by atoms with van der Waals surface area (Å²) in [6.45, 7) is 0. The highest BCUT2D eigenvalue weighted by Gasteiger charge is 2.14. The van der Waals surface area contributed by atoms with Crippen LogP contribution in [-0.2, 0) is 0 Å². The molecule has 0 saturated heterocycles. The molecule has 10 rings (SSSR count). The molecule has 10 aromatic rings. The number of hydrogen-bond donors (Lipinski definition) is 0. The van der Waals surface area contributed by atoms with Crippen molar-refractivity contribution in [3.8, 4) is 55.6 Å². The van der Waals surface area contributed by atoms with Gasteiger partial charge < -0.3 is 4.90 Å². The van der Waals surface area contributed by atoms with Gasteiger partial charge in [0, 0.05) is 37.2 Å². The molecule has 0 aliphatic heterocycles. The zero-order valence-corrected chi connectivity index (χ0v) is 31.5. The van der Waals surface area contributed by atoms with Gasteiger partial charge in [-0.3, -0.25) is 0 Å². The zero-order chi connectivity index (χ0) is 37.3. The van der Waals surface area contributed by atoms with Crippen LogP contribution in [0.15, 0.2) is 224 Å². The topological polar surface area (TPSA) is 3.24 Å². The molecule has 0 spiro atoms. The molecule has 0 radical (unpaired) electrons. The highest BCUT2D eigenvalue weighted by molar-refractivity contribution is 7.25. The number of hydrogen-bond acceptors (Lipinski definition) is 2. The summed E-state index contributed by atoms with van der Waals surface area (Å²) in [7, 11) is 0. The van der Waals surface area contributed by atoms with E-state index in [9.17, 15) is 0 Å². The van der Waals surface area contributed by atoms with Gasteiger partial charge in [0.1, 0.15) is 0 Å². The van der Waals surface area contributed by atoms with E-state index >= 15 is 0 Å². The van der Waals surface area contributed by atoms with Crippen molar-refractivity contribution in [3.63, 3.8) is 0 Å². The SMILES string of the molecule is c1ccc(-c2ccc(-c3ccc(N(c4ccccc4)c4ccc(-c5ccc(-c6ccc7sc8ccc(-c9ccccc9)cc8c7c6)cc5)cc4)cc3)cc2)cc1. The van der Waals surface area contributed by atoms with Crippen molar-refractivity contribution in [2.24, 2.45) is 0 Å². The van der Waals surface area contributed by atoms with E-state index in [1.165, 1.54) is 75.8 Å². The van der Waals surface area contributed by atoms with Gasteiger partial charge in [0.15, 0.2) is 0 Å². The minimum atomic E-state index is 1.11. The number of thiophene rings is 1. The maximum atomic E-state index is 2.36. The second-order valence-corrected chi connectivity index (χ2v) is 15.3. The van der Waals surface area contributed by atoms with Crippen LogP contribution in [0.5, 0.6) is 0 Å². The molecule has 1 nitrogen and oxygen atoms in total. The van der Waals surface area contributed by atoms with Crippen molar-refractivity contribution in [1.29, 1.82) is 0 Å². The minimum Gasteiger partial charge on any atom is -0.311 e. The van der Waals surface area contributed by atoms with E-state index in [-0.39, 0.29) is 0 Å². The average molecular weight is 732 g/mol. The van der Waals surface area contributed by atoms with E-state index in [1.54, 1.807) is 0 Å². The fourth-order valence-electron chi connectivity index (χ4n) is 7.74. The van der Waals surface area contributed by atoms with E-state index in [2.05, 4.69) is 229 Å². The third-order valence-electron chi connectivity index (χ3n) is 10.7. The predicted octanol–water partition coefficient (Wildman–Crippen LogP) is 15.9. The van der Waals surface area contributed by atoms with Crippen molar-refractivity contribution < 1.29 is 0 Å². The molecule has 2 heteroatoms. The quantitative estimate of drug-likeness (QED) is 0.150. The number of anilines is 3. The predicted molar refractivity (Wildman–Crippen MR) is 241 cm³/mol. The van der Waals surface area contributed by atoms with Crippen LogP contribution >= 0.6 is 11.3 Å². The van der Waals surface area contributed by atoms with Crippen molar-refractivity contribution in [2.45, 2.75) is 0 Å². The first-order valence-corrected chi connectivity index (χ1v) is 19.9. The Morgan fingerprint density at radius 1 is 0.232 bits per heavy atom. The maximum Gasteiger partial charge on any atom is 0.0462 e. The molecular weight excluding hydrogens is 695 g/mol. The maximum absolute atomic E-state index is 2.36. The molecule has 9 aromatic carbocycles. The van der Waals surface area contributed by atoms with Gasteiger partial charge in [0.25, 0.3) is 0 Å². The molecule has 0 atom stereocenters. The van der Waals surface area contributed by atoms with Gasteiger partial charge in [-0.25, -0.2) is 0 Å². The first kappa shape index (κ1) is 33.6. The van der Waals surface area contributed by atoms with Crippen LogP contribution in [0.4, 0.5) is 17.1 Å². The third-order valence-corrected chi connectivity index (χ3v) is 11.9. The zero-order valence-electron chi connectivity index (χ0n) is 30.7. The molecule has 264 valence electrons. The van der Waals surface area contributed by atoms with Gasteiger partial charge in [-0.05, 0) is 116 Å². The molecule has 0 aliphatic carbocycles. The van der Waals surface area contributed by atoms with Crippen LogP contribution in [0, 0.1) is 0 Å². The Labute approximate surface area is 332 Å². The minimum absolute atomic E-state index is 1.11. The summed E-state index contributed by atoms with van der Waals surface area (Å²) in [5.41, 5.74) is 15.6. The summed E-state index contributed by atoms with van der Waals surface area (Å²) < 4.78 is 2.64. The molecule has 0 aliphatic rings. The average Bonchev–Trinajstić information content (AvgIpc) is 3.65. The molecule has 1 heterocycles. The number of benzene rings is 9. The number of nitrogens with zero attached hydrogens (tertiary/aromatic N) is 1. The lowest BCUT2D eigenvalue weighted by Crippen LogP contribution is -2.09. The summed E-state index contributed by atoms with van der Waals surface area (Å²) in [4.78, 5) is 2.32. The summed E-state index contributed by atoms with van der Waals surface area (Å²) in [5, 5.41) is 2.63. The molecule has 0 unspecified atom stereocenters. The van der Waals surface area contributed by atoms with Crippen LogP contribution < -0.4 is 4.90 Å². The van der Waals surface area contributed by atoms with Crippen LogP contribution in [-0.4, -0.2) is 0 Å². The Morgan fingerprint density at radius 3 is 0.893 bits per heavy atom. The van der Waals surface area contributed by atoms with Gasteiger partial charge in [-0.1, -0.05) is 164 Å². The Bertz CT molecular complexity index is 2900. The van der Waals surface area contributed by atoms with E-state index < -0.39 is 0 Å². The molecule has 0 amide bonds. The lowest BCUT2D eigenvalue weighted by molar-refractivity contribution is 1.28. The molecule has 0 fully saturated rings. The van der Waals surface area contributed by atoms with Crippen molar-refractivity contribution in [3.05, 3.63) is 224 Å². The van der Waals surface area contributed by atoms with E-state index in [0.29, 0.717) is 0 Å². The Hall–Kier alpha value is -7.00. The third kappa shape index (κ3) is 6.57. The second kappa shape index (κ2) is 14.7.